The lowest BCUT2D eigenvalue weighted by Crippen LogP contribution is -1.74. The van der Waals surface area contributed by atoms with Crippen molar-refractivity contribution in [2.75, 3.05) is 0 Å². The summed E-state index contributed by atoms with van der Waals surface area (Å²) >= 11 is 5.82. The summed E-state index contributed by atoms with van der Waals surface area (Å²) in [6, 6.07) is 3.96. The van der Waals surface area contributed by atoms with Crippen LogP contribution in [-0.2, 0) is 0 Å². The van der Waals surface area contributed by atoms with Gasteiger partial charge in [-0.15, -0.1) is 11.3 Å². The van der Waals surface area contributed by atoms with E-state index in [4.69, 9.17) is 5.26 Å². The quantitative estimate of drug-likeness (QED) is 0.642. The third-order valence-electron chi connectivity index (χ3n) is 1.16. The van der Waals surface area contributed by atoms with Gasteiger partial charge in [0.05, 0.1) is 5.56 Å². The molecule has 1 nitrogen and oxygen atoms in total. The zero-order chi connectivity index (χ0) is 7.56. The van der Waals surface area contributed by atoms with E-state index in [1.165, 1.54) is 0 Å². The predicted octanol–water partition coefficient (Wildman–Crippen LogP) is 2.61. The van der Waals surface area contributed by atoms with Gasteiger partial charge < -0.3 is 0 Å². The van der Waals surface area contributed by atoms with Crippen molar-refractivity contribution in [2.45, 2.75) is 12.2 Å². The van der Waals surface area contributed by atoms with Crippen LogP contribution in [0.1, 0.15) is 22.6 Å². The molecule has 1 atom stereocenters. The first-order chi connectivity index (χ1) is 4.74. The second-order valence-electron chi connectivity index (χ2n) is 2.03. The molecule has 10 heavy (non-hydrogen) atoms. The maximum absolute atomic E-state index is 8.46. The third-order valence-corrected chi connectivity index (χ3v) is 2.73. The van der Waals surface area contributed by atoms with Gasteiger partial charge >= 0.3 is 0 Å². The van der Waals surface area contributed by atoms with E-state index in [0.29, 0.717) is 0 Å². The number of hydrogen-bond acceptors (Lipinski definition) is 3. The number of hydrogen-bond donors (Lipinski definition) is 1. The van der Waals surface area contributed by atoms with E-state index in [2.05, 4.69) is 18.7 Å². The molecule has 0 saturated heterocycles. The van der Waals surface area contributed by atoms with Crippen LogP contribution in [-0.4, -0.2) is 0 Å². The molecule has 3 heteroatoms. The Kier molecular flexibility index (Phi) is 2.36. The number of nitriles is 1. The van der Waals surface area contributed by atoms with Crippen LogP contribution in [0.25, 0.3) is 0 Å². The Balaban J connectivity index is 2.91. The third kappa shape index (κ3) is 1.53. The zero-order valence-corrected chi connectivity index (χ0v) is 7.25. The maximum atomic E-state index is 8.46. The lowest BCUT2D eigenvalue weighted by Gasteiger charge is -1.95. The Bertz CT molecular complexity index is 257. The summed E-state index contributed by atoms with van der Waals surface area (Å²) in [7, 11) is 0. The van der Waals surface area contributed by atoms with Crippen LogP contribution in [0.2, 0.25) is 0 Å². The SMILES string of the molecule is CC(S)c1cc(C#N)cs1. The van der Waals surface area contributed by atoms with Crippen molar-refractivity contribution in [3.63, 3.8) is 0 Å². The van der Waals surface area contributed by atoms with Crippen molar-refractivity contribution in [3.8, 4) is 6.07 Å². The highest BCUT2D eigenvalue weighted by Gasteiger charge is 2.02. The van der Waals surface area contributed by atoms with Gasteiger partial charge in [0.25, 0.3) is 0 Å². The van der Waals surface area contributed by atoms with Crippen LogP contribution in [0.15, 0.2) is 11.4 Å². The topological polar surface area (TPSA) is 23.8 Å². The fourth-order valence-electron chi connectivity index (χ4n) is 0.631. The first-order valence-electron chi connectivity index (χ1n) is 2.90. The average Bonchev–Trinajstić information content (AvgIpc) is 2.34. The Labute approximate surface area is 69.7 Å². The molecule has 52 valence electrons. The van der Waals surface area contributed by atoms with E-state index in [1.54, 1.807) is 11.3 Å². The van der Waals surface area contributed by atoms with Gasteiger partial charge in [0, 0.05) is 15.5 Å². The summed E-state index contributed by atoms with van der Waals surface area (Å²) < 4.78 is 0. The van der Waals surface area contributed by atoms with Crippen molar-refractivity contribution < 1.29 is 0 Å². The van der Waals surface area contributed by atoms with Crippen molar-refractivity contribution >= 4 is 24.0 Å². The van der Waals surface area contributed by atoms with Gasteiger partial charge in [-0.05, 0) is 13.0 Å². The summed E-state index contributed by atoms with van der Waals surface area (Å²) in [5.74, 6) is 0. The van der Waals surface area contributed by atoms with E-state index in [-0.39, 0.29) is 5.25 Å². The molecule has 0 aliphatic heterocycles. The van der Waals surface area contributed by atoms with E-state index >= 15 is 0 Å². The molecule has 0 amide bonds. The van der Waals surface area contributed by atoms with Gasteiger partial charge in [-0.3, -0.25) is 0 Å². The van der Waals surface area contributed by atoms with Crippen molar-refractivity contribution in [2.24, 2.45) is 0 Å². The fourth-order valence-corrected chi connectivity index (χ4v) is 1.66. The lowest BCUT2D eigenvalue weighted by molar-refractivity contribution is 1.15. The van der Waals surface area contributed by atoms with Gasteiger partial charge in [-0.25, -0.2) is 0 Å². The minimum absolute atomic E-state index is 0.243. The molecule has 0 aromatic carbocycles. The highest BCUT2D eigenvalue weighted by Crippen LogP contribution is 2.25. The number of thiol groups is 1. The first kappa shape index (κ1) is 7.64. The minimum Gasteiger partial charge on any atom is -0.192 e. The van der Waals surface area contributed by atoms with Crippen LogP contribution in [0, 0.1) is 11.3 Å². The van der Waals surface area contributed by atoms with Crippen molar-refractivity contribution in [1.82, 2.24) is 0 Å². The molecule has 0 saturated carbocycles. The molecule has 0 N–H and O–H groups in total. The van der Waals surface area contributed by atoms with Crippen LogP contribution < -0.4 is 0 Å². The zero-order valence-electron chi connectivity index (χ0n) is 5.53. The van der Waals surface area contributed by atoms with E-state index in [0.717, 1.165) is 10.4 Å². The number of nitrogens with zero attached hydrogens (tertiary/aromatic N) is 1. The summed E-state index contributed by atoms with van der Waals surface area (Å²) in [5.41, 5.74) is 0.737. The molecule has 1 aromatic rings. The molecule has 0 bridgehead atoms. The number of rotatable bonds is 1. The molecule has 1 aromatic heterocycles. The van der Waals surface area contributed by atoms with Gasteiger partial charge in [0.15, 0.2) is 0 Å². The van der Waals surface area contributed by atoms with Crippen LogP contribution in [0.4, 0.5) is 0 Å². The molecule has 1 rings (SSSR count). The highest BCUT2D eigenvalue weighted by molar-refractivity contribution is 7.80. The highest BCUT2D eigenvalue weighted by atomic mass is 32.1. The maximum Gasteiger partial charge on any atom is 0.100 e. The normalized spacial score (nSPS) is 12.5. The van der Waals surface area contributed by atoms with Crippen LogP contribution in [0.5, 0.6) is 0 Å². The molecule has 0 aliphatic rings. The van der Waals surface area contributed by atoms with Crippen molar-refractivity contribution in [1.29, 1.82) is 5.26 Å². The first-order valence-corrected chi connectivity index (χ1v) is 4.30. The molecule has 1 heterocycles. The van der Waals surface area contributed by atoms with Crippen molar-refractivity contribution in [3.05, 3.63) is 21.9 Å². The summed E-state index contributed by atoms with van der Waals surface area (Å²) in [4.78, 5) is 1.15. The largest absolute Gasteiger partial charge is 0.192 e. The molecular formula is C7H7NS2. The molecule has 0 fully saturated rings. The van der Waals surface area contributed by atoms with E-state index in [9.17, 15) is 0 Å². The Morgan fingerprint density at radius 1 is 1.80 bits per heavy atom. The predicted molar refractivity (Wildman–Crippen MR) is 46.4 cm³/mol. The Morgan fingerprint density at radius 2 is 2.50 bits per heavy atom. The van der Waals surface area contributed by atoms with Crippen LogP contribution in [0.3, 0.4) is 0 Å². The number of thiophene rings is 1. The van der Waals surface area contributed by atoms with Gasteiger partial charge in [-0.1, -0.05) is 0 Å². The summed E-state index contributed by atoms with van der Waals surface area (Å²) in [5, 5.41) is 10.6. The average molecular weight is 169 g/mol. The lowest BCUT2D eigenvalue weighted by atomic mass is 10.3. The smallest absolute Gasteiger partial charge is 0.100 e. The Morgan fingerprint density at radius 3 is 2.80 bits per heavy atom. The van der Waals surface area contributed by atoms with Crippen LogP contribution >= 0.6 is 24.0 Å². The fraction of sp³-hybridized carbons (Fsp3) is 0.286. The molecule has 0 spiro atoms. The second-order valence-corrected chi connectivity index (χ2v) is 3.74. The molecular weight excluding hydrogens is 162 g/mol. The molecule has 0 aliphatic carbocycles. The summed E-state index contributed by atoms with van der Waals surface area (Å²) in [6.45, 7) is 2.00. The molecule has 0 radical (unpaired) electrons. The molecule has 1 unspecified atom stereocenters. The Hall–Kier alpha value is -0.460. The van der Waals surface area contributed by atoms with Gasteiger partial charge in [0.1, 0.15) is 6.07 Å². The second kappa shape index (κ2) is 3.09. The van der Waals surface area contributed by atoms with E-state index in [1.807, 2.05) is 18.4 Å². The standard InChI is InChI=1S/C7H7NS2/c1-5(9)7-2-6(3-8)4-10-7/h2,4-5,9H,1H3. The summed E-state index contributed by atoms with van der Waals surface area (Å²) in [6.07, 6.45) is 0. The van der Waals surface area contributed by atoms with Gasteiger partial charge in [0.2, 0.25) is 0 Å². The monoisotopic (exact) mass is 169 g/mol. The minimum atomic E-state index is 0.243. The van der Waals surface area contributed by atoms with E-state index < -0.39 is 0 Å². The van der Waals surface area contributed by atoms with Gasteiger partial charge in [-0.2, -0.15) is 17.9 Å².